The van der Waals surface area contributed by atoms with Gasteiger partial charge in [0.15, 0.2) is 5.82 Å². The highest BCUT2D eigenvalue weighted by atomic mass is 32.2. The number of aromatic nitrogens is 2. The number of pyridine rings is 1. The van der Waals surface area contributed by atoms with E-state index in [1.807, 2.05) is 40.9 Å². The van der Waals surface area contributed by atoms with Gasteiger partial charge in [-0.25, -0.2) is 9.78 Å². The van der Waals surface area contributed by atoms with Gasteiger partial charge < -0.3 is 9.14 Å². The summed E-state index contributed by atoms with van der Waals surface area (Å²) in [6.45, 7) is 0. The molecule has 5 nitrogen and oxygen atoms in total. The number of nitrogens with one attached hydrogen (secondary N) is 1. The number of methoxy groups -OCH3 is 1. The van der Waals surface area contributed by atoms with Gasteiger partial charge in [0.2, 0.25) is 0 Å². The molecule has 0 aliphatic heterocycles. The van der Waals surface area contributed by atoms with Gasteiger partial charge in [0.25, 0.3) is 0 Å². The van der Waals surface area contributed by atoms with Gasteiger partial charge in [-0.3, -0.25) is 5.32 Å². The maximum atomic E-state index is 11.2. The number of anilines is 1. The van der Waals surface area contributed by atoms with Crippen LogP contribution in [0, 0.1) is 0 Å². The first-order valence-electron chi connectivity index (χ1n) is 6.31. The SMILES string of the molecule is COC(=O)Nc1cn2ccc(Sc3ccccc3)cc2n1. The normalized spacial score (nSPS) is 10.5. The first-order valence-corrected chi connectivity index (χ1v) is 7.13. The molecule has 1 N–H and O–H groups in total. The van der Waals surface area contributed by atoms with Crippen LogP contribution in [0.5, 0.6) is 0 Å². The van der Waals surface area contributed by atoms with Gasteiger partial charge in [0.1, 0.15) is 5.65 Å². The number of nitrogens with zero attached hydrogens (tertiary/aromatic N) is 2. The first-order chi connectivity index (χ1) is 10.2. The van der Waals surface area contributed by atoms with Crippen molar-refractivity contribution in [2.45, 2.75) is 9.79 Å². The summed E-state index contributed by atoms with van der Waals surface area (Å²) >= 11 is 1.66. The number of ether oxygens (including phenoxy) is 1. The molecule has 0 saturated heterocycles. The van der Waals surface area contributed by atoms with E-state index in [9.17, 15) is 4.79 Å². The lowest BCUT2D eigenvalue weighted by Crippen LogP contribution is -2.10. The van der Waals surface area contributed by atoms with E-state index in [1.165, 1.54) is 12.0 Å². The number of fused-ring (bicyclic) bond motifs is 1. The molecule has 0 radical (unpaired) electrons. The van der Waals surface area contributed by atoms with E-state index in [0.717, 1.165) is 10.5 Å². The largest absolute Gasteiger partial charge is 0.453 e. The molecule has 1 aromatic carbocycles. The highest BCUT2D eigenvalue weighted by molar-refractivity contribution is 7.99. The standard InChI is InChI=1S/C15H13N3O2S/c1-20-15(19)17-13-10-18-8-7-12(9-14(18)16-13)21-11-5-3-2-4-6-11/h2-10H,1H3,(H,17,19). The molecule has 106 valence electrons. The van der Waals surface area contributed by atoms with E-state index in [2.05, 4.69) is 27.2 Å². The van der Waals surface area contributed by atoms with Crippen LogP contribution in [0.15, 0.2) is 64.6 Å². The molecule has 3 aromatic rings. The van der Waals surface area contributed by atoms with Gasteiger partial charge in [0, 0.05) is 16.0 Å². The maximum Gasteiger partial charge on any atom is 0.412 e. The number of carbonyl (C=O) groups is 1. The summed E-state index contributed by atoms with van der Waals surface area (Å²) in [6, 6.07) is 14.1. The highest BCUT2D eigenvalue weighted by Crippen LogP contribution is 2.28. The van der Waals surface area contributed by atoms with Crippen molar-refractivity contribution in [1.29, 1.82) is 0 Å². The van der Waals surface area contributed by atoms with Gasteiger partial charge in [-0.1, -0.05) is 30.0 Å². The summed E-state index contributed by atoms with van der Waals surface area (Å²) in [5, 5.41) is 2.55. The lowest BCUT2D eigenvalue weighted by Gasteiger charge is -2.01. The third-order valence-corrected chi connectivity index (χ3v) is 3.82. The third kappa shape index (κ3) is 3.17. The Morgan fingerprint density at radius 3 is 2.81 bits per heavy atom. The molecule has 0 aliphatic carbocycles. The fourth-order valence-electron chi connectivity index (χ4n) is 1.87. The summed E-state index contributed by atoms with van der Waals surface area (Å²) in [6.07, 6.45) is 3.12. The van der Waals surface area contributed by atoms with E-state index >= 15 is 0 Å². The third-order valence-electron chi connectivity index (χ3n) is 2.83. The van der Waals surface area contributed by atoms with Gasteiger partial charge in [0.05, 0.1) is 13.3 Å². The second-order valence-electron chi connectivity index (χ2n) is 4.29. The molecule has 1 amide bonds. The van der Waals surface area contributed by atoms with Crippen LogP contribution in [0.1, 0.15) is 0 Å². The summed E-state index contributed by atoms with van der Waals surface area (Å²) in [5.41, 5.74) is 0.766. The molecule has 3 rings (SSSR count). The molecule has 0 spiro atoms. The van der Waals surface area contributed by atoms with Crippen LogP contribution in [-0.2, 0) is 4.74 Å². The molecule has 0 aliphatic rings. The molecule has 6 heteroatoms. The number of benzene rings is 1. The summed E-state index contributed by atoms with van der Waals surface area (Å²) in [7, 11) is 1.32. The second-order valence-corrected chi connectivity index (χ2v) is 5.43. The van der Waals surface area contributed by atoms with E-state index in [1.54, 1.807) is 18.0 Å². The van der Waals surface area contributed by atoms with Crippen molar-refractivity contribution in [3.05, 3.63) is 54.9 Å². The first kappa shape index (κ1) is 13.5. The molecule has 0 atom stereocenters. The Balaban J connectivity index is 1.84. The predicted molar refractivity (Wildman–Crippen MR) is 81.8 cm³/mol. The van der Waals surface area contributed by atoms with Crippen molar-refractivity contribution in [3.8, 4) is 0 Å². The molecule has 0 bridgehead atoms. The number of rotatable bonds is 3. The van der Waals surface area contributed by atoms with E-state index in [-0.39, 0.29) is 0 Å². The van der Waals surface area contributed by atoms with Crippen molar-refractivity contribution < 1.29 is 9.53 Å². The van der Waals surface area contributed by atoms with Gasteiger partial charge in [-0.05, 0) is 24.3 Å². The Kier molecular flexibility index (Phi) is 3.79. The highest BCUT2D eigenvalue weighted by Gasteiger charge is 2.06. The molecule has 2 aromatic heterocycles. The average Bonchev–Trinajstić information content (AvgIpc) is 2.89. The smallest absolute Gasteiger partial charge is 0.412 e. The van der Waals surface area contributed by atoms with Crippen molar-refractivity contribution in [3.63, 3.8) is 0 Å². The Hall–Kier alpha value is -2.47. The Labute approximate surface area is 126 Å². The van der Waals surface area contributed by atoms with Crippen LogP contribution in [0.3, 0.4) is 0 Å². The van der Waals surface area contributed by atoms with Crippen LogP contribution < -0.4 is 5.32 Å². The predicted octanol–water partition coefficient (Wildman–Crippen LogP) is 3.66. The van der Waals surface area contributed by atoms with Gasteiger partial charge in [-0.15, -0.1) is 0 Å². The number of imidazole rings is 1. The van der Waals surface area contributed by atoms with Crippen molar-refractivity contribution >= 4 is 29.3 Å². The zero-order valence-electron chi connectivity index (χ0n) is 11.3. The number of amides is 1. The van der Waals surface area contributed by atoms with Crippen molar-refractivity contribution in [2.75, 3.05) is 12.4 Å². The minimum atomic E-state index is -0.530. The topological polar surface area (TPSA) is 55.6 Å². The van der Waals surface area contributed by atoms with Crippen LogP contribution in [0.2, 0.25) is 0 Å². The summed E-state index contributed by atoms with van der Waals surface area (Å²) in [4.78, 5) is 17.8. The van der Waals surface area contributed by atoms with Crippen LogP contribution in [-0.4, -0.2) is 22.6 Å². The zero-order chi connectivity index (χ0) is 14.7. The minimum Gasteiger partial charge on any atom is -0.453 e. The van der Waals surface area contributed by atoms with E-state index < -0.39 is 6.09 Å². The molecule has 21 heavy (non-hydrogen) atoms. The summed E-state index contributed by atoms with van der Waals surface area (Å²) in [5.74, 6) is 0.462. The minimum absolute atomic E-state index is 0.462. The summed E-state index contributed by atoms with van der Waals surface area (Å²) < 4.78 is 6.40. The molecular formula is C15H13N3O2S. The fraction of sp³-hybridized carbons (Fsp3) is 0.0667. The maximum absolute atomic E-state index is 11.2. The Morgan fingerprint density at radius 2 is 2.05 bits per heavy atom. The molecule has 0 fully saturated rings. The quantitative estimate of drug-likeness (QED) is 0.802. The van der Waals surface area contributed by atoms with Crippen molar-refractivity contribution in [2.24, 2.45) is 0 Å². The van der Waals surface area contributed by atoms with Crippen molar-refractivity contribution in [1.82, 2.24) is 9.38 Å². The molecular weight excluding hydrogens is 286 g/mol. The van der Waals surface area contributed by atoms with Crippen LogP contribution in [0.4, 0.5) is 10.6 Å². The van der Waals surface area contributed by atoms with E-state index in [0.29, 0.717) is 5.82 Å². The zero-order valence-corrected chi connectivity index (χ0v) is 12.1. The lowest BCUT2D eigenvalue weighted by atomic mass is 10.4. The van der Waals surface area contributed by atoms with Gasteiger partial charge in [-0.2, -0.15) is 0 Å². The average molecular weight is 299 g/mol. The number of hydrogen-bond acceptors (Lipinski definition) is 4. The molecule has 2 heterocycles. The Bertz CT molecular complexity index is 771. The van der Waals surface area contributed by atoms with Crippen LogP contribution in [0.25, 0.3) is 5.65 Å². The number of hydrogen-bond donors (Lipinski definition) is 1. The van der Waals surface area contributed by atoms with E-state index in [4.69, 9.17) is 0 Å². The lowest BCUT2D eigenvalue weighted by molar-refractivity contribution is 0.187. The van der Waals surface area contributed by atoms with Crippen LogP contribution >= 0.6 is 11.8 Å². The second kappa shape index (κ2) is 5.88. The monoisotopic (exact) mass is 299 g/mol. The molecule has 0 saturated carbocycles. The Morgan fingerprint density at radius 1 is 1.24 bits per heavy atom. The fourth-order valence-corrected chi connectivity index (χ4v) is 2.73. The molecule has 0 unspecified atom stereocenters. The number of carbonyl (C=O) groups excluding carboxylic acids is 1. The van der Waals surface area contributed by atoms with Gasteiger partial charge >= 0.3 is 6.09 Å².